The number of nitrogens with one attached hydrogen (secondary N) is 2. The maximum atomic E-state index is 12.9. The second kappa shape index (κ2) is 18.1. The van der Waals surface area contributed by atoms with E-state index in [4.69, 9.17) is 18.9 Å². The fourth-order valence-corrected chi connectivity index (χ4v) is 6.52. The molecular formula is C46H40N2O8. The van der Waals surface area contributed by atoms with E-state index in [2.05, 4.69) is 22.8 Å². The van der Waals surface area contributed by atoms with Crippen molar-refractivity contribution < 1.29 is 38.1 Å². The number of rotatable bonds is 16. The Morgan fingerprint density at radius 3 is 1.23 bits per heavy atom. The van der Waals surface area contributed by atoms with Crippen molar-refractivity contribution in [1.29, 1.82) is 0 Å². The topological polar surface area (TPSA) is 129 Å². The van der Waals surface area contributed by atoms with Crippen molar-refractivity contribution in [3.63, 3.8) is 0 Å². The van der Waals surface area contributed by atoms with E-state index in [-0.39, 0.29) is 64.5 Å². The zero-order valence-electron chi connectivity index (χ0n) is 30.6. The molecule has 0 atom stereocenters. The SMILES string of the molecule is O=C(NCCOCCOC(=O)c1cccc2cc3ccccc3cc12)c1cccc(C(=O)NCCOCCOC(=O)c2cccc3cc4ccccc4cc23)c1. The van der Waals surface area contributed by atoms with Gasteiger partial charge in [-0.3, -0.25) is 9.59 Å². The molecule has 0 aliphatic heterocycles. The lowest BCUT2D eigenvalue weighted by Gasteiger charge is -2.10. The van der Waals surface area contributed by atoms with Crippen molar-refractivity contribution in [2.45, 2.75) is 0 Å². The van der Waals surface area contributed by atoms with Crippen LogP contribution in [-0.2, 0) is 18.9 Å². The van der Waals surface area contributed by atoms with E-state index in [0.29, 0.717) is 22.3 Å². The number of amides is 2. The Morgan fingerprint density at radius 2 is 0.786 bits per heavy atom. The highest BCUT2D eigenvalue weighted by Crippen LogP contribution is 2.27. The van der Waals surface area contributed by atoms with Crippen molar-refractivity contribution >= 4 is 66.8 Å². The molecule has 0 unspecified atom stereocenters. The summed E-state index contributed by atoms with van der Waals surface area (Å²) < 4.78 is 22.0. The molecule has 0 saturated carbocycles. The molecule has 0 heterocycles. The third-order valence-electron chi connectivity index (χ3n) is 9.31. The summed E-state index contributed by atoms with van der Waals surface area (Å²) in [5.74, 6) is -1.56. The van der Waals surface area contributed by atoms with E-state index in [1.54, 1.807) is 30.3 Å². The Morgan fingerprint density at radius 1 is 0.393 bits per heavy atom. The van der Waals surface area contributed by atoms with Gasteiger partial charge < -0.3 is 29.6 Å². The predicted octanol–water partition coefficient (Wildman–Crippen LogP) is 7.51. The van der Waals surface area contributed by atoms with Crippen LogP contribution in [0.15, 0.2) is 133 Å². The summed E-state index contributed by atoms with van der Waals surface area (Å²) in [7, 11) is 0. The van der Waals surface area contributed by atoms with Crippen LogP contribution >= 0.6 is 0 Å². The molecule has 0 aliphatic rings. The van der Waals surface area contributed by atoms with E-state index in [0.717, 1.165) is 43.1 Å². The molecule has 0 radical (unpaired) electrons. The minimum Gasteiger partial charge on any atom is -0.460 e. The summed E-state index contributed by atoms with van der Waals surface area (Å²) in [4.78, 5) is 51.2. The summed E-state index contributed by atoms with van der Waals surface area (Å²) >= 11 is 0. The Kier molecular flexibility index (Phi) is 12.2. The highest BCUT2D eigenvalue weighted by molar-refractivity contribution is 6.10. The first-order valence-corrected chi connectivity index (χ1v) is 18.4. The normalized spacial score (nSPS) is 11.1. The highest BCUT2D eigenvalue weighted by atomic mass is 16.6. The Hall–Kier alpha value is -6.62. The van der Waals surface area contributed by atoms with Gasteiger partial charge in [-0.25, -0.2) is 9.59 Å². The summed E-state index contributed by atoms with van der Waals surface area (Å²) in [6.07, 6.45) is 0. The van der Waals surface area contributed by atoms with Crippen LogP contribution in [0.5, 0.6) is 0 Å². The lowest BCUT2D eigenvalue weighted by atomic mass is 10.00. The van der Waals surface area contributed by atoms with E-state index >= 15 is 0 Å². The quantitative estimate of drug-likeness (QED) is 0.0591. The highest BCUT2D eigenvalue weighted by Gasteiger charge is 2.15. The minimum absolute atomic E-state index is 0.0658. The van der Waals surface area contributed by atoms with Crippen LogP contribution in [0.25, 0.3) is 43.1 Å². The van der Waals surface area contributed by atoms with E-state index in [1.165, 1.54) is 6.07 Å². The van der Waals surface area contributed by atoms with Crippen LogP contribution in [0.4, 0.5) is 0 Å². The number of hydrogen-bond acceptors (Lipinski definition) is 8. The first kappa shape index (κ1) is 37.7. The molecule has 2 N–H and O–H groups in total. The third-order valence-corrected chi connectivity index (χ3v) is 9.31. The van der Waals surface area contributed by atoms with Crippen LogP contribution in [0, 0.1) is 0 Å². The van der Waals surface area contributed by atoms with Gasteiger partial charge in [0.15, 0.2) is 0 Å². The monoisotopic (exact) mass is 748 g/mol. The van der Waals surface area contributed by atoms with Crippen molar-refractivity contribution in [1.82, 2.24) is 10.6 Å². The lowest BCUT2D eigenvalue weighted by molar-refractivity contribution is 0.0318. The molecule has 282 valence electrons. The molecule has 0 aliphatic carbocycles. The van der Waals surface area contributed by atoms with Gasteiger partial charge in [-0.2, -0.15) is 0 Å². The van der Waals surface area contributed by atoms with Gasteiger partial charge in [-0.15, -0.1) is 0 Å². The van der Waals surface area contributed by atoms with Crippen LogP contribution in [0.1, 0.15) is 41.4 Å². The fourth-order valence-electron chi connectivity index (χ4n) is 6.52. The summed E-state index contributed by atoms with van der Waals surface area (Å²) in [5, 5.41) is 13.4. The molecule has 0 spiro atoms. The van der Waals surface area contributed by atoms with Gasteiger partial charge in [0.2, 0.25) is 0 Å². The second-order valence-electron chi connectivity index (χ2n) is 13.0. The van der Waals surface area contributed by atoms with Crippen LogP contribution < -0.4 is 10.6 Å². The first-order chi connectivity index (χ1) is 27.4. The summed E-state index contributed by atoms with van der Waals surface area (Å²) in [5.41, 5.74) is 1.64. The number of carbonyl (C=O) groups is 4. The predicted molar refractivity (Wildman–Crippen MR) is 216 cm³/mol. The zero-order chi connectivity index (χ0) is 38.7. The van der Waals surface area contributed by atoms with Crippen LogP contribution in [0.2, 0.25) is 0 Å². The Balaban J connectivity index is 0.769. The molecule has 56 heavy (non-hydrogen) atoms. The average molecular weight is 749 g/mol. The molecule has 2 amide bonds. The van der Waals surface area contributed by atoms with Crippen molar-refractivity contribution in [3.05, 3.63) is 156 Å². The van der Waals surface area contributed by atoms with Crippen molar-refractivity contribution in [2.24, 2.45) is 0 Å². The van der Waals surface area contributed by atoms with Gasteiger partial charge in [0.05, 0.1) is 37.6 Å². The van der Waals surface area contributed by atoms with Gasteiger partial charge in [0.1, 0.15) is 13.2 Å². The molecule has 0 saturated heterocycles. The number of ether oxygens (including phenoxy) is 4. The maximum absolute atomic E-state index is 12.9. The van der Waals surface area contributed by atoms with Crippen LogP contribution in [0.3, 0.4) is 0 Å². The van der Waals surface area contributed by atoms with Crippen molar-refractivity contribution in [2.75, 3.05) is 52.7 Å². The smallest absolute Gasteiger partial charge is 0.338 e. The lowest BCUT2D eigenvalue weighted by Crippen LogP contribution is -2.29. The maximum Gasteiger partial charge on any atom is 0.338 e. The van der Waals surface area contributed by atoms with Gasteiger partial charge >= 0.3 is 11.9 Å². The third kappa shape index (κ3) is 9.18. The molecule has 0 fully saturated rings. The average Bonchev–Trinajstić information content (AvgIpc) is 3.23. The molecule has 10 heteroatoms. The van der Waals surface area contributed by atoms with Gasteiger partial charge in [0, 0.05) is 24.2 Å². The van der Waals surface area contributed by atoms with Crippen LogP contribution in [-0.4, -0.2) is 76.5 Å². The number of carbonyl (C=O) groups excluding carboxylic acids is 4. The summed E-state index contributed by atoms with van der Waals surface area (Å²) in [6.45, 7) is 1.35. The second-order valence-corrected chi connectivity index (χ2v) is 13.0. The first-order valence-electron chi connectivity index (χ1n) is 18.4. The number of esters is 2. The number of fused-ring (bicyclic) bond motifs is 4. The molecule has 0 bridgehead atoms. The van der Waals surface area contributed by atoms with E-state index in [1.807, 2.05) is 84.9 Å². The molecular weight excluding hydrogens is 709 g/mol. The number of benzene rings is 7. The molecule has 7 aromatic carbocycles. The van der Waals surface area contributed by atoms with E-state index in [9.17, 15) is 19.2 Å². The molecule has 7 rings (SSSR count). The van der Waals surface area contributed by atoms with Gasteiger partial charge in [0.25, 0.3) is 11.8 Å². The van der Waals surface area contributed by atoms with Gasteiger partial charge in [-0.1, -0.05) is 78.9 Å². The fraction of sp³-hybridized carbons (Fsp3) is 0.174. The Labute approximate surface area is 323 Å². The minimum atomic E-state index is -0.427. The van der Waals surface area contributed by atoms with Crippen molar-refractivity contribution in [3.8, 4) is 0 Å². The standard InChI is InChI=1S/C46H40N2O8/c49-43(47-18-20-53-22-24-55-45(51)39-16-6-12-35-26-31-8-1-3-10-33(31)29-41(35)39)37-14-5-15-38(28-37)44(50)48-19-21-54-23-25-56-46(52)40-17-7-13-36-27-32-9-2-4-11-34(32)30-42(36)40/h1-17,26-30H,18-25H2,(H,47,49)(H,48,50). The van der Waals surface area contributed by atoms with Gasteiger partial charge in [-0.05, 0) is 97.7 Å². The van der Waals surface area contributed by atoms with E-state index < -0.39 is 11.9 Å². The largest absolute Gasteiger partial charge is 0.460 e. The summed E-state index contributed by atoms with van der Waals surface area (Å²) in [6, 6.07) is 41.6. The molecule has 10 nitrogen and oxygen atoms in total. The molecule has 7 aromatic rings. The zero-order valence-corrected chi connectivity index (χ0v) is 30.6. The molecule has 0 aromatic heterocycles. The number of hydrogen-bond donors (Lipinski definition) is 2. The Bertz CT molecular complexity index is 2380.